The van der Waals surface area contributed by atoms with Crippen molar-refractivity contribution in [1.82, 2.24) is 0 Å². The third-order valence-electron chi connectivity index (χ3n) is 5.82. The second-order valence-corrected chi connectivity index (χ2v) is 6.58. The Kier molecular flexibility index (Phi) is 2.07. The van der Waals surface area contributed by atoms with Gasteiger partial charge in [0.1, 0.15) is 6.10 Å². The molecular weight excluding hydrogens is 228 g/mol. The van der Waals surface area contributed by atoms with E-state index < -0.39 is 0 Å². The number of carbonyl (C=O) groups excluding carboxylic acids is 1. The van der Waals surface area contributed by atoms with Crippen molar-refractivity contribution in [3.63, 3.8) is 0 Å². The smallest absolute Gasteiger partial charge is 0.309 e. The molecule has 18 heavy (non-hydrogen) atoms. The lowest BCUT2D eigenvalue weighted by atomic mass is 9.79. The minimum absolute atomic E-state index is 0.00360. The predicted molar refractivity (Wildman–Crippen MR) is 65.8 cm³/mol. The van der Waals surface area contributed by atoms with Crippen LogP contribution in [-0.4, -0.2) is 24.3 Å². The molecule has 98 valence electrons. The van der Waals surface area contributed by atoms with E-state index in [0.717, 1.165) is 25.9 Å². The van der Waals surface area contributed by atoms with Crippen molar-refractivity contribution in [3.05, 3.63) is 12.2 Å². The standard InChI is InChI=1S/C15H20O3/c1-8-3-4-11-12(8)13-10(9(2)14(16)18-13)5-6-15(11)7-17-15/h9-13H,1,3-7H2,2H3/t9-,10+,11-,12+,13+,15+/m1/s1. The van der Waals surface area contributed by atoms with Gasteiger partial charge in [0.25, 0.3) is 0 Å². The van der Waals surface area contributed by atoms with Crippen LogP contribution in [0.15, 0.2) is 12.2 Å². The maximum atomic E-state index is 11.8. The zero-order chi connectivity index (χ0) is 12.5. The number of esters is 1. The van der Waals surface area contributed by atoms with E-state index in [1.165, 1.54) is 12.0 Å². The van der Waals surface area contributed by atoms with Crippen LogP contribution in [0.1, 0.15) is 32.6 Å². The summed E-state index contributed by atoms with van der Waals surface area (Å²) < 4.78 is 11.5. The average molecular weight is 248 g/mol. The zero-order valence-corrected chi connectivity index (χ0v) is 10.9. The molecule has 0 N–H and O–H groups in total. The van der Waals surface area contributed by atoms with E-state index in [1.54, 1.807) is 0 Å². The fourth-order valence-electron chi connectivity index (χ4n) is 4.61. The molecule has 0 aromatic heterocycles. The quantitative estimate of drug-likeness (QED) is 0.375. The third kappa shape index (κ3) is 1.26. The molecule has 3 nitrogen and oxygen atoms in total. The Bertz CT molecular complexity index is 423. The first kappa shape index (κ1) is 11.0. The molecule has 2 saturated heterocycles. The minimum Gasteiger partial charge on any atom is -0.461 e. The lowest BCUT2D eigenvalue weighted by molar-refractivity contribution is -0.145. The van der Waals surface area contributed by atoms with Crippen LogP contribution in [0.5, 0.6) is 0 Å². The summed E-state index contributed by atoms with van der Waals surface area (Å²) in [5.74, 6) is 1.32. The van der Waals surface area contributed by atoms with E-state index in [0.29, 0.717) is 17.8 Å². The maximum absolute atomic E-state index is 11.8. The molecule has 2 aliphatic heterocycles. The predicted octanol–water partition coefficient (Wildman–Crippen LogP) is 2.31. The van der Waals surface area contributed by atoms with Crippen molar-refractivity contribution in [1.29, 1.82) is 0 Å². The molecule has 4 rings (SSSR count). The van der Waals surface area contributed by atoms with Gasteiger partial charge in [0.05, 0.1) is 18.1 Å². The third-order valence-corrected chi connectivity index (χ3v) is 5.82. The van der Waals surface area contributed by atoms with E-state index in [4.69, 9.17) is 9.47 Å². The highest BCUT2D eigenvalue weighted by atomic mass is 16.6. The molecule has 4 fully saturated rings. The van der Waals surface area contributed by atoms with Crippen molar-refractivity contribution in [3.8, 4) is 0 Å². The van der Waals surface area contributed by atoms with E-state index in [-0.39, 0.29) is 23.6 Å². The number of hydrogen-bond acceptors (Lipinski definition) is 3. The molecule has 0 radical (unpaired) electrons. The highest BCUT2D eigenvalue weighted by Gasteiger charge is 2.62. The highest BCUT2D eigenvalue weighted by Crippen LogP contribution is 2.58. The van der Waals surface area contributed by atoms with Crippen LogP contribution in [0.3, 0.4) is 0 Å². The van der Waals surface area contributed by atoms with Crippen LogP contribution >= 0.6 is 0 Å². The molecule has 3 heteroatoms. The lowest BCUT2D eigenvalue weighted by Gasteiger charge is -2.28. The molecule has 0 bridgehead atoms. The number of rotatable bonds is 0. The van der Waals surface area contributed by atoms with Crippen LogP contribution in [0.2, 0.25) is 0 Å². The number of carbonyl (C=O) groups is 1. The van der Waals surface area contributed by atoms with E-state index in [1.807, 2.05) is 6.92 Å². The van der Waals surface area contributed by atoms with Crippen LogP contribution in [0.25, 0.3) is 0 Å². The van der Waals surface area contributed by atoms with Gasteiger partial charge in [-0.05, 0) is 25.7 Å². The number of ether oxygens (including phenoxy) is 2. The summed E-state index contributed by atoms with van der Waals surface area (Å²) >= 11 is 0. The van der Waals surface area contributed by atoms with Gasteiger partial charge in [-0.3, -0.25) is 4.79 Å². The first-order valence-electron chi connectivity index (χ1n) is 7.14. The van der Waals surface area contributed by atoms with Crippen LogP contribution in [-0.2, 0) is 14.3 Å². The molecule has 4 aliphatic rings. The van der Waals surface area contributed by atoms with E-state index in [9.17, 15) is 4.79 Å². The van der Waals surface area contributed by atoms with Gasteiger partial charge in [-0.15, -0.1) is 0 Å². The first-order chi connectivity index (χ1) is 8.62. The molecule has 0 amide bonds. The molecule has 1 spiro atoms. The Morgan fingerprint density at radius 2 is 2.17 bits per heavy atom. The molecule has 2 saturated carbocycles. The minimum atomic E-state index is -0.00360. The summed E-state index contributed by atoms with van der Waals surface area (Å²) in [7, 11) is 0. The summed E-state index contributed by atoms with van der Waals surface area (Å²) in [6, 6.07) is 0. The van der Waals surface area contributed by atoms with Crippen LogP contribution in [0.4, 0.5) is 0 Å². The topological polar surface area (TPSA) is 38.8 Å². The van der Waals surface area contributed by atoms with Crippen molar-refractivity contribution in [2.75, 3.05) is 6.61 Å². The molecule has 6 atom stereocenters. The molecule has 0 aromatic rings. The van der Waals surface area contributed by atoms with Gasteiger partial charge in [-0.25, -0.2) is 0 Å². The summed E-state index contributed by atoms with van der Waals surface area (Å²) in [6.07, 6.45) is 4.49. The van der Waals surface area contributed by atoms with Gasteiger partial charge in [-0.1, -0.05) is 19.1 Å². The Balaban J connectivity index is 1.74. The van der Waals surface area contributed by atoms with Gasteiger partial charge < -0.3 is 9.47 Å². The maximum Gasteiger partial charge on any atom is 0.309 e. The van der Waals surface area contributed by atoms with Crippen LogP contribution < -0.4 is 0 Å². The molecular formula is C15H20O3. The van der Waals surface area contributed by atoms with Gasteiger partial charge >= 0.3 is 5.97 Å². The Labute approximate surface area is 108 Å². The zero-order valence-electron chi connectivity index (χ0n) is 10.9. The first-order valence-corrected chi connectivity index (χ1v) is 7.14. The number of fused-ring (bicyclic) bond motifs is 4. The lowest BCUT2D eigenvalue weighted by Crippen LogP contribution is -2.33. The largest absolute Gasteiger partial charge is 0.461 e. The monoisotopic (exact) mass is 248 g/mol. The van der Waals surface area contributed by atoms with Crippen molar-refractivity contribution in [2.24, 2.45) is 23.7 Å². The fourth-order valence-corrected chi connectivity index (χ4v) is 4.61. The number of hydrogen-bond donors (Lipinski definition) is 0. The van der Waals surface area contributed by atoms with Gasteiger partial charge in [0, 0.05) is 17.8 Å². The normalized spacial score (nSPS) is 53.9. The summed E-state index contributed by atoms with van der Waals surface area (Å²) in [4.78, 5) is 11.8. The summed E-state index contributed by atoms with van der Waals surface area (Å²) in [5, 5.41) is 0. The van der Waals surface area contributed by atoms with Crippen molar-refractivity contribution >= 4 is 5.97 Å². The van der Waals surface area contributed by atoms with Crippen LogP contribution in [0, 0.1) is 23.7 Å². The van der Waals surface area contributed by atoms with Gasteiger partial charge in [0.2, 0.25) is 0 Å². The second-order valence-electron chi connectivity index (χ2n) is 6.58. The Morgan fingerprint density at radius 3 is 2.89 bits per heavy atom. The summed E-state index contributed by atoms with van der Waals surface area (Å²) in [6.45, 7) is 7.16. The van der Waals surface area contributed by atoms with Crippen molar-refractivity contribution in [2.45, 2.75) is 44.3 Å². The molecule has 0 unspecified atom stereocenters. The molecule has 2 aliphatic carbocycles. The second kappa shape index (κ2) is 3.38. The Morgan fingerprint density at radius 1 is 1.39 bits per heavy atom. The summed E-state index contributed by atoms with van der Waals surface area (Å²) in [5.41, 5.74) is 1.40. The van der Waals surface area contributed by atoms with E-state index in [2.05, 4.69) is 6.58 Å². The number of epoxide rings is 1. The van der Waals surface area contributed by atoms with Gasteiger partial charge in [-0.2, -0.15) is 0 Å². The molecule has 2 heterocycles. The average Bonchev–Trinajstić information content (AvgIpc) is 2.99. The van der Waals surface area contributed by atoms with Gasteiger partial charge in [0.15, 0.2) is 0 Å². The fraction of sp³-hybridized carbons (Fsp3) is 0.800. The van der Waals surface area contributed by atoms with E-state index >= 15 is 0 Å². The SMILES string of the molecule is C=C1CC[C@@H]2[C@H]1[C@H]1OC(=O)[C@H](C)[C@@H]1CC[C@]21CO1. The van der Waals surface area contributed by atoms with Crippen molar-refractivity contribution < 1.29 is 14.3 Å². The Hall–Kier alpha value is -0.830. The molecule has 0 aromatic carbocycles. The highest BCUT2D eigenvalue weighted by molar-refractivity contribution is 5.75.